The second-order valence-electron chi connectivity index (χ2n) is 9.87. The largest absolute Gasteiger partial charge is 0.395 e. The standard InChI is InChI=1S/C26H39N5O3S2/c1-4-9-20(24(32)28-14-13-17(2)3)31(16-19-12-8-15-35-19)26(34)23-21(27)22(30-36-23)25(33)29-18-10-6-5-7-11-18/h8,12,15,17-18,20H,4-7,9-11,13-14,16,27H2,1-3H3,(H,28,32)(H,29,33)/t20-/m1/s1. The molecule has 36 heavy (non-hydrogen) atoms. The molecule has 0 radical (unpaired) electrons. The lowest BCUT2D eigenvalue weighted by Crippen LogP contribution is -2.49. The smallest absolute Gasteiger partial charge is 0.273 e. The zero-order chi connectivity index (χ0) is 26.1. The molecule has 1 aliphatic rings. The molecule has 0 aromatic carbocycles. The highest BCUT2D eigenvalue weighted by Gasteiger charge is 2.34. The van der Waals surface area contributed by atoms with Crippen molar-refractivity contribution in [2.75, 3.05) is 12.3 Å². The van der Waals surface area contributed by atoms with E-state index in [1.807, 2.05) is 24.4 Å². The van der Waals surface area contributed by atoms with E-state index in [1.165, 1.54) is 17.8 Å². The van der Waals surface area contributed by atoms with Crippen LogP contribution in [0, 0.1) is 5.92 Å². The van der Waals surface area contributed by atoms with Gasteiger partial charge in [0.25, 0.3) is 11.8 Å². The first-order valence-electron chi connectivity index (χ1n) is 13.0. The molecule has 1 atom stereocenters. The number of nitrogens with two attached hydrogens (primary N) is 1. The highest BCUT2D eigenvalue weighted by molar-refractivity contribution is 7.10. The van der Waals surface area contributed by atoms with Crippen molar-refractivity contribution in [1.82, 2.24) is 19.9 Å². The summed E-state index contributed by atoms with van der Waals surface area (Å²) in [6.45, 7) is 7.07. The minimum atomic E-state index is -0.641. The summed E-state index contributed by atoms with van der Waals surface area (Å²) in [7, 11) is 0. The van der Waals surface area contributed by atoms with Gasteiger partial charge >= 0.3 is 0 Å². The van der Waals surface area contributed by atoms with E-state index >= 15 is 0 Å². The van der Waals surface area contributed by atoms with Crippen LogP contribution in [0.3, 0.4) is 0 Å². The lowest BCUT2D eigenvalue weighted by molar-refractivity contribution is -0.126. The summed E-state index contributed by atoms with van der Waals surface area (Å²) in [6, 6.07) is 3.35. The third-order valence-electron chi connectivity index (χ3n) is 6.51. The fourth-order valence-corrected chi connectivity index (χ4v) is 5.90. The van der Waals surface area contributed by atoms with Crippen LogP contribution < -0.4 is 16.4 Å². The number of carbonyl (C=O) groups is 3. The van der Waals surface area contributed by atoms with Gasteiger partial charge in [-0.25, -0.2) is 0 Å². The van der Waals surface area contributed by atoms with E-state index < -0.39 is 6.04 Å². The molecule has 0 bridgehead atoms. The SMILES string of the molecule is CCC[C@H](C(=O)NCCC(C)C)N(Cc1cccs1)C(=O)c1snc(C(=O)NC2CCCCC2)c1N. The highest BCUT2D eigenvalue weighted by Crippen LogP contribution is 2.28. The highest BCUT2D eigenvalue weighted by atomic mass is 32.1. The van der Waals surface area contributed by atoms with E-state index in [0.29, 0.717) is 25.4 Å². The Hall–Kier alpha value is -2.46. The first-order chi connectivity index (χ1) is 17.3. The molecule has 4 N–H and O–H groups in total. The van der Waals surface area contributed by atoms with E-state index in [9.17, 15) is 14.4 Å². The number of nitrogen functional groups attached to an aromatic ring is 1. The molecule has 3 rings (SSSR count). The van der Waals surface area contributed by atoms with Crippen molar-refractivity contribution in [1.29, 1.82) is 0 Å². The zero-order valence-corrected chi connectivity index (χ0v) is 23.2. The van der Waals surface area contributed by atoms with Crippen molar-refractivity contribution < 1.29 is 14.4 Å². The average Bonchev–Trinajstić information content (AvgIpc) is 3.50. The lowest BCUT2D eigenvalue weighted by atomic mass is 9.95. The Balaban J connectivity index is 1.83. The van der Waals surface area contributed by atoms with Crippen molar-refractivity contribution in [3.05, 3.63) is 33.0 Å². The van der Waals surface area contributed by atoms with Gasteiger partial charge in [0.15, 0.2) is 5.69 Å². The van der Waals surface area contributed by atoms with Crippen LogP contribution in [-0.4, -0.2) is 45.6 Å². The summed E-state index contributed by atoms with van der Waals surface area (Å²) in [4.78, 5) is 42.7. The Bertz CT molecular complexity index is 999. The van der Waals surface area contributed by atoms with Crippen molar-refractivity contribution in [2.45, 2.75) is 90.8 Å². The molecule has 1 aliphatic carbocycles. The molecular formula is C26H39N5O3S2. The molecule has 1 saturated carbocycles. The Morgan fingerprint density at radius 1 is 1.19 bits per heavy atom. The van der Waals surface area contributed by atoms with E-state index in [4.69, 9.17) is 5.73 Å². The van der Waals surface area contributed by atoms with Crippen LogP contribution in [0.15, 0.2) is 17.5 Å². The Labute approximate surface area is 222 Å². The molecule has 2 aromatic rings. The third-order valence-corrected chi connectivity index (χ3v) is 8.22. The number of hydrogen-bond acceptors (Lipinski definition) is 7. The number of amides is 3. The Morgan fingerprint density at radius 3 is 2.58 bits per heavy atom. The van der Waals surface area contributed by atoms with Gasteiger partial charge in [-0.1, -0.05) is 52.5 Å². The molecule has 0 aliphatic heterocycles. The molecule has 8 nitrogen and oxygen atoms in total. The van der Waals surface area contributed by atoms with Crippen LogP contribution in [0.1, 0.15) is 97.2 Å². The Morgan fingerprint density at radius 2 is 1.94 bits per heavy atom. The van der Waals surface area contributed by atoms with Gasteiger partial charge in [-0.05, 0) is 54.6 Å². The summed E-state index contributed by atoms with van der Waals surface area (Å²) in [6.07, 6.45) is 7.40. The number of carbonyl (C=O) groups excluding carboxylic acids is 3. The molecule has 10 heteroatoms. The maximum Gasteiger partial charge on any atom is 0.273 e. The molecule has 0 unspecified atom stereocenters. The second kappa shape index (κ2) is 13.7. The second-order valence-corrected chi connectivity index (χ2v) is 11.7. The number of nitrogens with zero attached hydrogens (tertiary/aromatic N) is 2. The van der Waals surface area contributed by atoms with E-state index in [2.05, 4.69) is 28.9 Å². The van der Waals surface area contributed by atoms with E-state index in [1.54, 1.807) is 4.90 Å². The molecule has 1 fully saturated rings. The fourth-order valence-electron chi connectivity index (χ4n) is 4.44. The van der Waals surface area contributed by atoms with Crippen LogP contribution >= 0.6 is 22.9 Å². The summed E-state index contributed by atoms with van der Waals surface area (Å²) < 4.78 is 4.26. The van der Waals surface area contributed by atoms with Gasteiger partial charge in [-0.15, -0.1) is 11.3 Å². The average molecular weight is 534 g/mol. The van der Waals surface area contributed by atoms with Gasteiger partial charge in [-0.2, -0.15) is 4.37 Å². The maximum atomic E-state index is 13.8. The minimum Gasteiger partial charge on any atom is -0.395 e. The van der Waals surface area contributed by atoms with Crippen LogP contribution in [0.4, 0.5) is 5.69 Å². The molecule has 2 heterocycles. The van der Waals surface area contributed by atoms with Crippen molar-refractivity contribution >= 4 is 46.3 Å². The maximum absolute atomic E-state index is 13.8. The van der Waals surface area contributed by atoms with Gasteiger partial charge in [0.2, 0.25) is 5.91 Å². The first-order valence-corrected chi connectivity index (χ1v) is 14.6. The number of hydrogen-bond donors (Lipinski definition) is 3. The van der Waals surface area contributed by atoms with Gasteiger partial charge < -0.3 is 21.3 Å². The summed E-state index contributed by atoms with van der Waals surface area (Å²) in [5.41, 5.74) is 6.51. The minimum absolute atomic E-state index is 0.0879. The van der Waals surface area contributed by atoms with Crippen molar-refractivity contribution in [3.8, 4) is 0 Å². The van der Waals surface area contributed by atoms with Crippen LogP contribution in [0.5, 0.6) is 0 Å². The predicted molar refractivity (Wildman–Crippen MR) is 146 cm³/mol. The van der Waals surface area contributed by atoms with Gasteiger partial charge in [0, 0.05) is 17.5 Å². The van der Waals surface area contributed by atoms with Crippen LogP contribution in [0.2, 0.25) is 0 Å². The number of thiophene rings is 1. The van der Waals surface area contributed by atoms with Crippen LogP contribution in [-0.2, 0) is 11.3 Å². The van der Waals surface area contributed by atoms with E-state index in [-0.39, 0.29) is 40.0 Å². The molecule has 198 valence electrons. The monoisotopic (exact) mass is 533 g/mol. The van der Waals surface area contributed by atoms with Crippen molar-refractivity contribution in [3.63, 3.8) is 0 Å². The normalized spacial score (nSPS) is 15.0. The summed E-state index contributed by atoms with van der Waals surface area (Å²) >= 11 is 2.46. The Kier molecular flexibility index (Phi) is 10.7. The van der Waals surface area contributed by atoms with Crippen LogP contribution in [0.25, 0.3) is 0 Å². The molecule has 0 spiro atoms. The number of nitrogens with one attached hydrogen (secondary N) is 2. The summed E-state index contributed by atoms with van der Waals surface area (Å²) in [5.74, 6) is -0.404. The number of rotatable bonds is 12. The van der Waals surface area contributed by atoms with Gasteiger partial charge in [-0.3, -0.25) is 14.4 Å². The first kappa shape index (κ1) is 28.1. The summed E-state index contributed by atoms with van der Waals surface area (Å²) in [5, 5.41) is 7.99. The molecule has 0 saturated heterocycles. The predicted octanol–water partition coefficient (Wildman–Crippen LogP) is 4.82. The number of anilines is 1. The van der Waals surface area contributed by atoms with Gasteiger partial charge in [0.1, 0.15) is 10.9 Å². The zero-order valence-electron chi connectivity index (χ0n) is 21.5. The van der Waals surface area contributed by atoms with Crippen molar-refractivity contribution in [2.24, 2.45) is 5.92 Å². The number of aromatic nitrogens is 1. The van der Waals surface area contributed by atoms with Gasteiger partial charge in [0.05, 0.1) is 12.2 Å². The quantitative estimate of drug-likeness (QED) is 0.361. The lowest BCUT2D eigenvalue weighted by Gasteiger charge is -2.30. The topological polar surface area (TPSA) is 117 Å². The fraction of sp³-hybridized carbons (Fsp3) is 0.615. The molecule has 2 aromatic heterocycles. The third kappa shape index (κ3) is 7.52. The molecule has 3 amide bonds. The van der Waals surface area contributed by atoms with E-state index in [0.717, 1.165) is 54.9 Å². The molecular weight excluding hydrogens is 494 g/mol.